The molecule has 1 atom stereocenters. The van der Waals surface area contributed by atoms with E-state index in [0.29, 0.717) is 10.2 Å². The van der Waals surface area contributed by atoms with E-state index in [4.69, 9.17) is 0 Å². The minimum absolute atomic E-state index is 0.154. The normalized spacial score (nSPS) is 22.4. The van der Waals surface area contributed by atoms with Crippen molar-refractivity contribution >= 4 is 32.3 Å². The molecular weight excluding hydrogens is 448 g/mol. The van der Waals surface area contributed by atoms with Gasteiger partial charge >= 0.3 is 11.8 Å². The van der Waals surface area contributed by atoms with Crippen LogP contribution in [0, 0.1) is 13.8 Å². The van der Waals surface area contributed by atoms with Gasteiger partial charge in [0.25, 0.3) is 0 Å². The van der Waals surface area contributed by atoms with Crippen LogP contribution in [-0.2, 0) is 12.5 Å². The highest BCUT2D eigenvalue weighted by Crippen LogP contribution is 2.68. The van der Waals surface area contributed by atoms with Gasteiger partial charge in [-0.3, -0.25) is 0 Å². The molecule has 1 nitrogen and oxygen atoms in total. The molecule has 1 unspecified atom stereocenters. The van der Waals surface area contributed by atoms with Gasteiger partial charge in [-0.1, -0.05) is 36.4 Å². The number of para-hydroxylation sites is 1. The fourth-order valence-electron chi connectivity index (χ4n) is 5.10. The smallest absolute Gasteiger partial charge is 0.348 e. The molecule has 4 aromatic rings. The first-order valence-corrected chi connectivity index (χ1v) is 10.7. The third kappa shape index (κ3) is 2.16. The summed E-state index contributed by atoms with van der Waals surface area (Å²) >= 11 is 1.08. The van der Waals surface area contributed by atoms with Gasteiger partial charge < -0.3 is 4.57 Å². The van der Waals surface area contributed by atoms with E-state index in [-0.39, 0.29) is 32.5 Å². The van der Waals surface area contributed by atoms with Crippen molar-refractivity contribution in [2.24, 2.45) is 7.05 Å². The zero-order valence-corrected chi connectivity index (χ0v) is 18.1. The van der Waals surface area contributed by atoms with Gasteiger partial charge in [0.15, 0.2) is 5.83 Å². The van der Waals surface area contributed by atoms with Crippen LogP contribution in [0.3, 0.4) is 0 Å². The lowest BCUT2D eigenvalue weighted by atomic mass is 9.68. The summed E-state index contributed by atoms with van der Waals surface area (Å²) in [7, 11) is 1.58. The molecule has 32 heavy (non-hydrogen) atoms. The van der Waals surface area contributed by atoms with Crippen molar-refractivity contribution in [1.82, 2.24) is 4.57 Å². The third-order valence-corrected chi connectivity index (χ3v) is 7.67. The van der Waals surface area contributed by atoms with E-state index < -0.39 is 28.9 Å². The molecule has 0 N–H and O–H groups in total. The quantitative estimate of drug-likeness (QED) is 0.267. The zero-order chi connectivity index (χ0) is 23.2. The van der Waals surface area contributed by atoms with Gasteiger partial charge in [0.05, 0.1) is 0 Å². The largest absolute Gasteiger partial charge is 0.365 e. The molecule has 8 heteroatoms. The highest BCUT2D eigenvalue weighted by atomic mass is 32.1. The number of benzene rings is 2. The van der Waals surface area contributed by atoms with Crippen molar-refractivity contribution < 1.29 is 26.3 Å². The zero-order valence-electron chi connectivity index (χ0n) is 17.2. The maximum absolute atomic E-state index is 15.9. The summed E-state index contributed by atoms with van der Waals surface area (Å²) in [5, 5.41) is 0.366. The number of aryl methyl sites for hydroxylation is 2. The predicted octanol–water partition coefficient (Wildman–Crippen LogP) is 7.73. The number of fused-ring (bicyclic) bond motifs is 2. The van der Waals surface area contributed by atoms with E-state index in [1.54, 1.807) is 43.4 Å². The molecule has 0 bridgehead atoms. The fraction of sp³-hybridized carbons (Fsp3) is 0.250. The molecule has 2 aromatic carbocycles. The second kappa shape index (κ2) is 6.41. The van der Waals surface area contributed by atoms with Gasteiger partial charge in [0.1, 0.15) is 5.41 Å². The lowest BCUT2D eigenvalue weighted by molar-refractivity contribution is -0.204. The first-order valence-electron chi connectivity index (χ1n) is 9.84. The Balaban J connectivity index is 2.09. The summed E-state index contributed by atoms with van der Waals surface area (Å²) in [5.74, 6) is -15.3. The Morgan fingerprint density at radius 2 is 1.38 bits per heavy atom. The van der Waals surface area contributed by atoms with Crippen LogP contribution in [-0.4, -0.2) is 16.4 Å². The molecule has 1 aliphatic rings. The lowest BCUT2D eigenvalue weighted by Gasteiger charge is -2.38. The standard InChI is InChI=1S/C24H17F6NS/c1-12-18(14-8-4-6-10-16(14)31(12)3)22(20(25)21(26)23(27,28)24(22,29)30)19-13(2)32-17-11-7-5-9-15(17)19/h4-11H,1-3H3. The van der Waals surface area contributed by atoms with E-state index in [2.05, 4.69) is 0 Å². The SMILES string of the molecule is Cc1sc2ccccc2c1C1(c2c(C)n(C)c3ccccc23)C(F)=C(F)C(F)(F)C1(F)F. The Morgan fingerprint density at radius 1 is 0.781 bits per heavy atom. The van der Waals surface area contributed by atoms with Crippen LogP contribution in [0.2, 0.25) is 0 Å². The van der Waals surface area contributed by atoms with E-state index in [9.17, 15) is 13.2 Å². The molecule has 5 rings (SSSR count). The predicted molar refractivity (Wildman–Crippen MR) is 114 cm³/mol. The maximum atomic E-state index is 15.9. The number of hydrogen-bond donors (Lipinski definition) is 0. The van der Waals surface area contributed by atoms with Crippen LogP contribution in [0.15, 0.2) is 60.2 Å². The molecule has 2 heterocycles. The topological polar surface area (TPSA) is 4.93 Å². The number of hydrogen-bond acceptors (Lipinski definition) is 1. The van der Waals surface area contributed by atoms with Crippen molar-refractivity contribution in [2.75, 3.05) is 0 Å². The summed E-state index contributed by atoms with van der Waals surface area (Å²) in [6, 6.07) is 12.7. The van der Waals surface area contributed by atoms with Crippen molar-refractivity contribution in [3.63, 3.8) is 0 Å². The third-order valence-electron chi connectivity index (χ3n) is 6.58. The van der Waals surface area contributed by atoms with Crippen LogP contribution in [0.1, 0.15) is 21.7 Å². The lowest BCUT2D eigenvalue weighted by Crippen LogP contribution is -2.53. The molecular formula is C24H17F6NS. The number of thiophene rings is 1. The van der Waals surface area contributed by atoms with E-state index >= 15 is 13.2 Å². The number of nitrogens with zero attached hydrogens (tertiary/aromatic N) is 1. The van der Waals surface area contributed by atoms with E-state index in [0.717, 1.165) is 11.3 Å². The number of rotatable bonds is 2. The average Bonchev–Trinajstić information content (AvgIpc) is 3.25. The first-order chi connectivity index (χ1) is 15.0. The molecule has 0 saturated carbocycles. The molecule has 166 valence electrons. The second-order valence-corrected chi connectivity index (χ2v) is 9.35. The number of halogens is 6. The van der Waals surface area contributed by atoms with Gasteiger partial charge in [-0.05, 0) is 36.9 Å². The van der Waals surface area contributed by atoms with E-state index in [1.165, 1.54) is 30.5 Å². The molecule has 0 fully saturated rings. The van der Waals surface area contributed by atoms with Crippen LogP contribution < -0.4 is 0 Å². The fourth-order valence-corrected chi connectivity index (χ4v) is 6.22. The second-order valence-electron chi connectivity index (χ2n) is 8.09. The van der Waals surface area contributed by atoms with Crippen molar-refractivity contribution in [1.29, 1.82) is 0 Å². The molecule has 0 saturated heterocycles. The van der Waals surface area contributed by atoms with Gasteiger partial charge in [-0.2, -0.15) is 17.6 Å². The van der Waals surface area contributed by atoms with Crippen LogP contribution in [0.5, 0.6) is 0 Å². The monoisotopic (exact) mass is 465 g/mol. The van der Waals surface area contributed by atoms with Gasteiger partial charge in [-0.15, -0.1) is 11.3 Å². The highest BCUT2D eigenvalue weighted by molar-refractivity contribution is 7.19. The summed E-state index contributed by atoms with van der Waals surface area (Å²) in [6.07, 6.45) is 0. The van der Waals surface area contributed by atoms with Crippen molar-refractivity contribution in [2.45, 2.75) is 31.1 Å². The van der Waals surface area contributed by atoms with Gasteiger partial charge in [0, 0.05) is 38.8 Å². The van der Waals surface area contributed by atoms with Crippen molar-refractivity contribution in [3.05, 3.63) is 81.9 Å². The van der Waals surface area contributed by atoms with Crippen LogP contribution >= 0.6 is 11.3 Å². The van der Waals surface area contributed by atoms with Gasteiger partial charge in [0.2, 0.25) is 5.83 Å². The van der Waals surface area contributed by atoms with Crippen LogP contribution in [0.4, 0.5) is 26.3 Å². The molecule has 0 aliphatic heterocycles. The summed E-state index contributed by atoms with van der Waals surface area (Å²) in [4.78, 5) is 0.221. The Hall–Kier alpha value is -2.74. The summed E-state index contributed by atoms with van der Waals surface area (Å²) < 4.78 is 94.1. The Bertz CT molecular complexity index is 1440. The minimum atomic E-state index is -5.31. The van der Waals surface area contributed by atoms with E-state index in [1.807, 2.05) is 0 Å². The average molecular weight is 465 g/mol. The Kier molecular flexibility index (Phi) is 4.23. The summed E-state index contributed by atoms with van der Waals surface area (Å²) in [6.45, 7) is 2.93. The molecule has 1 aliphatic carbocycles. The molecule has 0 spiro atoms. The van der Waals surface area contributed by atoms with Crippen LogP contribution in [0.25, 0.3) is 21.0 Å². The number of aromatic nitrogens is 1. The Labute approximate surface area is 183 Å². The highest BCUT2D eigenvalue weighted by Gasteiger charge is 2.81. The molecule has 2 aromatic heterocycles. The van der Waals surface area contributed by atoms with Crippen molar-refractivity contribution in [3.8, 4) is 0 Å². The maximum Gasteiger partial charge on any atom is 0.365 e. The Morgan fingerprint density at radius 3 is 2.00 bits per heavy atom. The first kappa shape index (κ1) is 21.1. The molecule has 0 radical (unpaired) electrons. The minimum Gasteiger partial charge on any atom is -0.348 e. The summed E-state index contributed by atoms with van der Waals surface area (Å²) in [5.41, 5.74) is -3.39. The number of alkyl halides is 4. The van der Waals surface area contributed by atoms with Gasteiger partial charge in [-0.25, -0.2) is 8.78 Å². The molecule has 0 amide bonds. The number of allylic oxidation sites excluding steroid dienone is 2.